The maximum atomic E-state index is 13.7. The van der Waals surface area contributed by atoms with Gasteiger partial charge >= 0.3 is 0 Å². The highest BCUT2D eigenvalue weighted by Crippen LogP contribution is 2.40. The first-order chi connectivity index (χ1) is 21.1. The number of nitrogens with one attached hydrogen (secondary N) is 1. The number of imidazole rings is 1. The van der Waals surface area contributed by atoms with Crippen LogP contribution in [0.25, 0.3) is 38.2 Å². The van der Waals surface area contributed by atoms with E-state index in [1.807, 2.05) is 110 Å². The molecule has 1 aliphatic rings. The van der Waals surface area contributed by atoms with E-state index in [9.17, 15) is 9.59 Å². The van der Waals surface area contributed by atoms with Crippen LogP contribution in [0.15, 0.2) is 141 Å². The van der Waals surface area contributed by atoms with Crippen molar-refractivity contribution in [1.29, 1.82) is 0 Å². The van der Waals surface area contributed by atoms with E-state index < -0.39 is 0 Å². The highest BCUT2D eigenvalue weighted by molar-refractivity contribution is 7.99. The molecule has 7 nitrogen and oxygen atoms in total. The molecule has 0 spiro atoms. The molecule has 2 aromatic heterocycles. The normalized spacial score (nSPS) is 14.5. The molecule has 7 aromatic rings. The Morgan fingerprint density at radius 1 is 0.744 bits per heavy atom. The SMILES string of the molecule is CC1=NN(c2ccccc2)C(=O)/C1=C\Nc1ccccc1Sc1ccc2c(=O)n3c4ccccc4nc3c3cccc1c23. The molecule has 5 aromatic carbocycles. The number of benzene rings is 5. The number of hydrogen-bond acceptors (Lipinski definition) is 6. The predicted octanol–water partition coefficient (Wildman–Crippen LogP) is 7.46. The van der Waals surface area contributed by atoms with Gasteiger partial charge in [0.15, 0.2) is 0 Å². The summed E-state index contributed by atoms with van der Waals surface area (Å²) in [5.74, 6) is -0.180. The zero-order valence-corrected chi connectivity index (χ0v) is 23.8. The van der Waals surface area contributed by atoms with Crippen molar-refractivity contribution >= 4 is 73.0 Å². The molecule has 1 N–H and O–H groups in total. The van der Waals surface area contributed by atoms with E-state index in [2.05, 4.69) is 16.5 Å². The summed E-state index contributed by atoms with van der Waals surface area (Å²) in [5.41, 5.74) is 4.94. The largest absolute Gasteiger partial charge is 0.360 e. The third-order valence-corrected chi connectivity index (χ3v) is 8.93. The molecule has 0 aliphatic carbocycles. The predicted molar refractivity (Wildman–Crippen MR) is 174 cm³/mol. The smallest absolute Gasteiger partial charge is 0.282 e. The Balaban J connectivity index is 1.17. The number of anilines is 2. The van der Waals surface area contributed by atoms with Gasteiger partial charge in [-0.15, -0.1) is 0 Å². The van der Waals surface area contributed by atoms with Crippen LogP contribution < -0.4 is 15.9 Å². The molecule has 3 heterocycles. The van der Waals surface area contributed by atoms with E-state index in [-0.39, 0.29) is 11.5 Å². The monoisotopic (exact) mass is 577 g/mol. The lowest BCUT2D eigenvalue weighted by Crippen LogP contribution is -2.21. The van der Waals surface area contributed by atoms with Gasteiger partial charge in [-0.05, 0) is 60.8 Å². The summed E-state index contributed by atoms with van der Waals surface area (Å²) in [6.45, 7) is 1.83. The summed E-state index contributed by atoms with van der Waals surface area (Å²) in [4.78, 5) is 33.8. The molecular formula is C35H23N5O2S. The highest BCUT2D eigenvalue weighted by Gasteiger charge is 2.28. The molecule has 0 fully saturated rings. The molecule has 43 heavy (non-hydrogen) atoms. The summed E-state index contributed by atoms with van der Waals surface area (Å²) < 4.78 is 1.72. The first-order valence-corrected chi connectivity index (χ1v) is 14.7. The Labute approximate surface area is 250 Å². The van der Waals surface area contributed by atoms with Gasteiger partial charge in [-0.1, -0.05) is 72.4 Å². The molecule has 0 unspecified atom stereocenters. The van der Waals surface area contributed by atoms with Gasteiger partial charge in [-0.2, -0.15) is 10.1 Å². The Morgan fingerprint density at radius 3 is 2.40 bits per heavy atom. The van der Waals surface area contributed by atoms with Crippen LogP contribution in [0.5, 0.6) is 0 Å². The molecule has 0 saturated heterocycles. The molecule has 1 amide bonds. The zero-order valence-electron chi connectivity index (χ0n) is 23.0. The minimum absolute atomic E-state index is 0.0690. The first-order valence-electron chi connectivity index (χ1n) is 13.9. The number of carbonyl (C=O) groups excluding carboxylic acids is 1. The number of carbonyl (C=O) groups is 1. The molecule has 8 rings (SSSR count). The van der Waals surface area contributed by atoms with Gasteiger partial charge in [0.2, 0.25) is 0 Å². The fraction of sp³-hybridized carbons (Fsp3) is 0.0286. The second-order valence-electron chi connectivity index (χ2n) is 10.3. The standard InChI is InChI=1S/C35H23N5O2S/c1-21-26(35(42)40(38-21)22-10-3-2-4-11-22)20-36-28-15-6-8-17-31(28)43-30-19-18-25-32-23(30)12-9-13-24(32)33-37-27-14-5-7-16-29(27)39(33)34(25)41/h2-20,36H,1H3/b26-20-. The van der Waals surface area contributed by atoms with Gasteiger partial charge in [0, 0.05) is 32.1 Å². The van der Waals surface area contributed by atoms with Crippen molar-refractivity contribution < 1.29 is 4.79 Å². The van der Waals surface area contributed by atoms with E-state index in [0.29, 0.717) is 22.3 Å². The topological polar surface area (TPSA) is 79.1 Å². The minimum atomic E-state index is -0.180. The summed E-state index contributed by atoms with van der Waals surface area (Å²) in [7, 11) is 0. The lowest BCUT2D eigenvalue weighted by atomic mass is 10.0. The van der Waals surface area contributed by atoms with E-state index in [4.69, 9.17) is 4.98 Å². The second kappa shape index (κ2) is 9.82. The minimum Gasteiger partial charge on any atom is -0.360 e. The molecule has 0 atom stereocenters. The maximum Gasteiger partial charge on any atom is 0.282 e. The number of hydrogen-bond donors (Lipinski definition) is 1. The van der Waals surface area contributed by atoms with Crippen LogP contribution in [0.3, 0.4) is 0 Å². The van der Waals surface area contributed by atoms with Crippen LogP contribution in [0.2, 0.25) is 0 Å². The molecule has 0 radical (unpaired) electrons. The van der Waals surface area contributed by atoms with Gasteiger partial charge in [0.25, 0.3) is 11.5 Å². The Morgan fingerprint density at radius 2 is 1.51 bits per heavy atom. The number of fused-ring (bicyclic) bond motifs is 4. The van der Waals surface area contributed by atoms with Crippen LogP contribution >= 0.6 is 11.8 Å². The number of nitrogens with zero attached hydrogens (tertiary/aromatic N) is 4. The Hall–Kier alpha value is -5.47. The lowest BCUT2D eigenvalue weighted by molar-refractivity contribution is -0.114. The first kappa shape index (κ1) is 25.3. The van der Waals surface area contributed by atoms with E-state index >= 15 is 0 Å². The van der Waals surface area contributed by atoms with Gasteiger partial charge in [-0.3, -0.25) is 14.0 Å². The fourth-order valence-corrected chi connectivity index (χ4v) is 6.77. The third-order valence-electron chi connectivity index (χ3n) is 7.78. The van der Waals surface area contributed by atoms with Crippen molar-refractivity contribution in [2.45, 2.75) is 16.7 Å². The van der Waals surface area contributed by atoms with Crippen molar-refractivity contribution in [2.24, 2.45) is 5.10 Å². The lowest BCUT2D eigenvalue weighted by Gasteiger charge is -2.14. The van der Waals surface area contributed by atoms with Gasteiger partial charge in [0.05, 0.1) is 33.7 Å². The summed E-state index contributed by atoms with van der Waals surface area (Å²) in [6.07, 6.45) is 1.73. The van der Waals surface area contributed by atoms with Crippen LogP contribution in [0.4, 0.5) is 11.4 Å². The second-order valence-corrected chi connectivity index (χ2v) is 11.4. The number of rotatable bonds is 5. The molecule has 0 saturated carbocycles. The van der Waals surface area contributed by atoms with Crippen LogP contribution in [0.1, 0.15) is 6.92 Å². The van der Waals surface area contributed by atoms with Crippen LogP contribution in [-0.2, 0) is 4.79 Å². The summed E-state index contributed by atoms with van der Waals surface area (Å²) >= 11 is 1.61. The number of aromatic nitrogens is 2. The van der Waals surface area contributed by atoms with E-state index in [1.165, 1.54) is 5.01 Å². The third kappa shape index (κ3) is 3.99. The summed E-state index contributed by atoms with van der Waals surface area (Å²) in [6, 6.07) is 35.1. The van der Waals surface area contributed by atoms with E-state index in [0.717, 1.165) is 48.4 Å². The molecule has 0 bridgehead atoms. The summed E-state index contributed by atoms with van der Waals surface area (Å²) in [5, 5.41) is 12.8. The van der Waals surface area contributed by atoms with Crippen molar-refractivity contribution in [3.8, 4) is 0 Å². The van der Waals surface area contributed by atoms with Crippen LogP contribution in [0, 0.1) is 0 Å². The van der Waals surface area contributed by atoms with E-state index in [1.54, 1.807) is 22.4 Å². The Kier molecular flexibility index (Phi) is 5.77. The quantitative estimate of drug-likeness (QED) is 0.215. The fourth-order valence-electron chi connectivity index (χ4n) is 5.74. The molecular weight excluding hydrogens is 554 g/mol. The number of hydrazone groups is 1. The van der Waals surface area contributed by atoms with Crippen LogP contribution in [-0.4, -0.2) is 21.0 Å². The zero-order chi connectivity index (χ0) is 29.1. The molecule has 1 aliphatic heterocycles. The van der Waals surface area contributed by atoms with Crippen molar-refractivity contribution in [3.63, 3.8) is 0 Å². The van der Waals surface area contributed by atoms with Crippen molar-refractivity contribution in [2.75, 3.05) is 10.3 Å². The van der Waals surface area contributed by atoms with Gasteiger partial charge in [0.1, 0.15) is 5.65 Å². The number of amides is 1. The maximum absolute atomic E-state index is 13.7. The van der Waals surface area contributed by atoms with Crippen molar-refractivity contribution in [3.05, 3.63) is 131 Å². The molecule has 8 heteroatoms. The highest BCUT2D eigenvalue weighted by atomic mass is 32.2. The average Bonchev–Trinajstić information content (AvgIpc) is 3.57. The average molecular weight is 578 g/mol. The number of pyridine rings is 1. The molecule has 206 valence electrons. The van der Waals surface area contributed by atoms with Gasteiger partial charge in [-0.25, -0.2) is 4.98 Å². The van der Waals surface area contributed by atoms with Gasteiger partial charge < -0.3 is 5.32 Å². The Bertz CT molecular complexity index is 2360. The number of para-hydroxylation sites is 4. The van der Waals surface area contributed by atoms with Crippen molar-refractivity contribution in [1.82, 2.24) is 9.38 Å².